The normalized spacial score (nSPS) is 14.4. The highest BCUT2D eigenvalue weighted by molar-refractivity contribution is 5.76. The molecular weight excluding hydrogens is 224 g/mol. The van der Waals surface area contributed by atoms with Crippen molar-refractivity contribution in [1.82, 2.24) is 0 Å². The van der Waals surface area contributed by atoms with Crippen molar-refractivity contribution in [2.45, 2.75) is 71.6 Å². The Morgan fingerprint density at radius 3 is 2.00 bits per heavy atom. The topological polar surface area (TPSA) is 69.1 Å². The Morgan fingerprint density at radius 1 is 1.00 bits per heavy atom. The van der Waals surface area contributed by atoms with Gasteiger partial charge in [0.1, 0.15) is 0 Å². The van der Waals surface area contributed by atoms with Gasteiger partial charge in [-0.2, -0.15) is 0 Å². The summed E-state index contributed by atoms with van der Waals surface area (Å²) in [6.45, 7) is 5.06. The molecule has 0 aromatic rings. The van der Waals surface area contributed by atoms with Gasteiger partial charge in [0.2, 0.25) is 5.91 Å². The van der Waals surface area contributed by atoms with E-state index in [4.69, 9.17) is 11.5 Å². The third kappa shape index (κ3) is 8.51. The molecule has 2 atom stereocenters. The van der Waals surface area contributed by atoms with Crippen LogP contribution in [0.5, 0.6) is 0 Å². The maximum absolute atomic E-state index is 11.5. The Morgan fingerprint density at radius 2 is 1.56 bits per heavy atom. The first kappa shape index (κ1) is 17.4. The largest absolute Gasteiger partial charge is 0.369 e. The van der Waals surface area contributed by atoms with E-state index in [1.165, 1.54) is 32.1 Å². The lowest BCUT2D eigenvalue weighted by Gasteiger charge is -2.20. The highest BCUT2D eigenvalue weighted by atomic mass is 16.1. The van der Waals surface area contributed by atoms with Gasteiger partial charge < -0.3 is 11.5 Å². The Bertz CT molecular complexity index is 207. The van der Waals surface area contributed by atoms with Gasteiger partial charge in [0.25, 0.3) is 0 Å². The van der Waals surface area contributed by atoms with Gasteiger partial charge in [-0.1, -0.05) is 52.4 Å². The quantitative estimate of drug-likeness (QED) is 0.526. The van der Waals surface area contributed by atoms with Crippen molar-refractivity contribution in [1.29, 1.82) is 0 Å². The van der Waals surface area contributed by atoms with Gasteiger partial charge in [0.05, 0.1) is 0 Å². The van der Waals surface area contributed by atoms with Crippen molar-refractivity contribution in [3.05, 3.63) is 0 Å². The molecule has 108 valence electrons. The van der Waals surface area contributed by atoms with E-state index in [0.29, 0.717) is 12.5 Å². The van der Waals surface area contributed by atoms with E-state index in [2.05, 4.69) is 13.8 Å². The SMILES string of the molecule is CCCCCC(CN)CC(CCCCC)C(N)=O. The van der Waals surface area contributed by atoms with E-state index in [1.807, 2.05) is 0 Å². The first-order valence-corrected chi connectivity index (χ1v) is 7.65. The molecule has 4 N–H and O–H groups in total. The van der Waals surface area contributed by atoms with Crippen LogP contribution in [0, 0.1) is 11.8 Å². The monoisotopic (exact) mass is 256 g/mol. The lowest BCUT2D eigenvalue weighted by Crippen LogP contribution is -2.28. The first-order valence-electron chi connectivity index (χ1n) is 7.65. The van der Waals surface area contributed by atoms with E-state index in [9.17, 15) is 4.79 Å². The molecule has 0 aliphatic heterocycles. The van der Waals surface area contributed by atoms with Crippen LogP contribution in [0.1, 0.15) is 71.6 Å². The van der Waals surface area contributed by atoms with Crippen LogP contribution in [-0.2, 0) is 4.79 Å². The Balaban J connectivity index is 4.04. The molecule has 0 saturated carbocycles. The Labute approximate surface area is 113 Å². The number of hydrogen-bond donors (Lipinski definition) is 2. The molecule has 0 saturated heterocycles. The van der Waals surface area contributed by atoms with Gasteiger partial charge >= 0.3 is 0 Å². The van der Waals surface area contributed by atoms with Crippen molar-refractivity contribution in [3.8, 4) is 0 Å². The summed E-state index contributed by atoms with van der Waals surface area (Å²) >= 11 is 0. The smallest absolute Gasteiger partial charge is 0.220 e. The fourth-order valence-corrected chi connectivity index (χ4v) is 2.43. The summed E-state index contributed by atoms with van der Waals surface area (Å²) in [5.41, 5.74) is 11.3. The number of unbranched alkanes of at least 4 members (excludes halogenated alkanes) is 4. The van der Waals surface area contributed by atoms with E-state index in [1.54, 1.807) is 0 Å². The maximum atomic E-state index is 11.5. The zero-order valence-corrected chi connectivity index (χ0v) is 12.3. The molecule has 2 unspecified atom stereocenters. The zero-order chi connectivity index (χ0) is 13.8. The molecule has 0 aliphatic carbocycles. The molecule has 0 radical (unpaired) electrons. The van der Waals surface area contributed by atoms with Crippen LogP contribution in [0.2, 0.25) is 0 Å². The summed E-state index contributed by atoms with van der Waals surface area (Å²) in [7, 11) is 0. The van der Waals surface area contributed by atoms with Crippen LogP contribution >= 0.6 is 0 Å². The standard InChI is InChI=1S/C15H32N2O/c1-3-5-7-9-13(12-16)11-14(15(17)18)10-8-6-4-2/h13-14H,3-12,16H2,1-2H3,(H2,17,18). The molecule has 0 fully saturated rings. The number of carbonyl (C=O) groups excluding carboxylic acids is 1. The molecule has 0 spiro atoms. The maximum Gasteiger partial charge on any atom is 0.220 e. The number of hydrogen-bond acceptors (Lipinski definition) is 2. The highest BCUT2D eigenvalue weighted by Gasteiger charge is 2.19. The number of amides is 1. The summed E-state index contributed by atoms with van der Waals surface area (Å²) in [6.07, 6.45) is 10.2. The molecule has 0 bridgehead atoms. The summed E-state index contributed by atoms with van der Waals surface area (Å²) in [4.78, 5) is 11.5. The number of primary amides is 1. The van der Waals surface area contributed by atoms with Gasteiger partial charge in [-0.15, -0.1) is 0 Å². The lowest BCUT2D eigenvalue weighted by molar-refractivity contribution is -0.122. The van der Waals surface area contributed by atoms with Crippen molar-refractivity contribution in [3.63, 3.8) is 0 Å². The molecule has 0 aromatic carbocycles. The van der Waals surface area contributed by atoms with Crippen LogP contribution in [0.15, 0.2) is 0 Å². The van der Waals surface area contributed by atoms with E-state index < -0.39 is 0 Å². The fourth-order valence-electron chi connectivity index (χ4n) is 2.43. The van der Waals surface area contributed by atoms with Crippen LogP contribution in [0.3, 0.4) is 0 Å². The summed E-state index contributed by atoms with van der Waals surface area (Å²) in [5.74, 6) is 0.363. The van der Waals surface area contributed by atoms with Crippen LogP contribution in [0.4, 0.5) is 0 Å². The van der Waals surface area contributed by atoms with Gasteiger partial charge in [-0.05, 0) is 31.7 Å². The van der Waals surface area contributed by atoms with Gasteiger partial charge in [0, 0.05) is 5.92 Å². The number of carbonyl (C=O) groups is 1. The zero-order valence-electron chi connectivity index (χ0n) is 12.3. The van der Waals surface area contributed by atoms with E-state index >= 15 is 0 Å². The third-order valence-electron chi connectivity index (χ3n) is 3.73. The minimum absolute atomic E-state index is 0.0340. The Kier molecular flexibility index (Phi) is 11.2. The minimum atomic E-state index is -0.139. The van der Waals surface area contributed by atoms with Crippen molar-refractivity contribution in [2.24, 2.45) is 23.3 Å². The van der Waals surface area contributed by atoms with Crippen molar-refractivity contribution < 1.29 is 4.79 Å². The third-order valence-corrected chi connectivity index (χ3v) is 3.73. The molecule has 0 aromatic heterocycles. The predicted molar refractivity (Wildman–Crippen MR) is 78.1 cm³/mol. The summed E-state index contributed by atoms with van der Waals surface area (Å²) < 4.78 is 0. The molecule has 0 heterocycles. The second-order valence-electron chi connectivity index (χ2n) is 5.43. The van der Waals surface area contributed by atoms with Crippen molar-refractivity contribution >= 4 is 5.91 Å². The van der Waals surface area contributed by atoms with Crippen molar-refractivity contribution in [2.75, 3.05) is 6.54 Å². The van der Waals surface area contributed by atoms with Crippen LogP contribution < -0.4 is 11.5 Å². The minimum Gasteiger partial charge on any atom is -0.369 e. The average Bonchev–Trinajstić information content (AvgIpc) is 2.35. The predicted octanol–water partition coefficient (Wildman–Crippen LogP) is 3.21. The van der Waals surface area contributed by atoms with Gasteiger partial charge in [-0.25, -0.2) is 0 Å². The molecule has 3 nitrogen and oxygen atoms in total. The fraction of sp³-hybridized carbons (Fsp3) is 0.933. The van der Waals surface area contributed by atoms with Crippen LogP contribution in [-0.4, -0.2) is 12.5 Å². The lowest BCUT2D eigenvalue weighted by atomic mass is 9.87. The first-order chi connectivity index (χ1) is 8.65. The molecular formula is C15H32N2O. The molecule has 3 heteroatoms. The Hall–Kier alpha value is -0.570. The van der Waals surface area contributed by atoms with Gasteiger partial charge in [-0.3, -0.25) is 4.79 Å². The van der Waals surface area contributed by atoms with E-state index in [0.717, 1.165) is 25.7 Å². The highest BCUT2D eigenvalue weighted by Crippen LogP contribution is 2.22. The molecule has 0 aliphatic rings. The molecule has 18 heavy (non-hydrogen) atoms. The van der Waals surface area contributed by atoms with E-state index in [-0.39, 0.29) is 11.8 Å². The molecule has 1 amide bonds. The summed E-state index contributed by atoms with van der Waals surface area (Å²) in [5, 5.41) is 0. The van der Waals surface area contributed by atoms with Crippen LogP contribution in [0.25, 0.3) is 0 Å². The molecule has 0 rings (SSSR count). The second-order valence-corrected chi connectivity index (χ2v) is 5.43. The number of rotatable bonds is 12. The average molecular weight is 256 g/mol. The van der Waals surface area contributed by atoms with Gasteiger partial charge in [0.15, 0.2) is 0 Å². The number of nitrogens with two attached hydrogens (primary N) is 2. The second kappa shape index (κ2) is 11.5. The summed E-state index contributed by atoms with van der Waals surface area (Å²) in [6, 6.07) is 0.